The van der Waals surface area contributed by atoms with Crippen LogP contribution in [0, 0.1) is 0 Å². The minimum atomic E-state index is -0.0778. The summed E-state index contributed by atoms with van der Waals surface area (Å²) in [6, 6.07) is 7.44. The van der Waals surface area contributed by atoms with Gasteiger partial charge in [0.15, 0.2) is 0 Å². The summed E-state index contributed by atoms with van der Waals surface area (Å²) < 4.78 is 0. The van der Waals surface area contributed by atoms with Crippen LogP contribution in [0.4, 0.5) is 4.79 Å². The molecule has 0 bridgehead atoms. The van der Waals surface area contributed by atoms with Gasteiger partial charge in [-0.15, -0.1) is 0 Å². The molecule has 0 atom stereocenters. The molecular weight excluding hydrogens is 234 g/mol. The maximum atomic E-state index is 11.5. The van der Waals surface area contributed by atoms with Crippen LogP contribution in [0.15, 0.2) is 24.3 Å². The predicted octanol–water partition coefficient (Wildman–Crippen LogP) is 1.48. The second kappa shape index (κ2) is 6.20. The monoisotopic (exact) mass is 251 g/mol. The highest BCUT2D eigenvalue weighted by Crippen LogP contribution is 2.04. The van der Waals surface area contributed by atoms with E-state index in [1.807, 2.05) is 31.2 Å². The Morgan fingerprint density at radius 3 is 2.47 bits per heavy atom. The highest BCUT2D eigenvalue weighted by Gasteiger charge is 2.05. The molecular formula is C12H17N3OS. The lowest BCUT2D eigenvalue weighted by Crippen LogP contribution is -2.36. The van der Waals surface area contributed by atoms with Crippen molar-refractivity contribution in [1.29, 1.82) is 0 Å². The number of thiocarbonyl (C=S) groups is 1. The third kappa shape index (κ3) is 4.03. The Bertz CT molecular complexity index is 403. The molecule has 0 saturated carbocycles. The van der Waals surface area contributed by atoms with Crippen molar-refractivity contribution in [2.75, 3.05) is 13.6 Å². The molecule has 1 aromatic carbocycles. The average molecular weight is 251 g/mol. The first-order valence-electron chi connectivity index (χ1n) is 5.42. The molecule has 0 spiro atoms. The van der Waals surface area contributed by atoms with Gasteiger partial charge in [-0.25, -0.2) is 4.79 Å². The zero-order valence-corrected chi connectivity index (χ0v) is 10.9. The maximum absolute atomic E-state index is 11.5. The summed E-state index contributed by atoms with van der Waals surface area (Å²) in [4.78, 5) is 13.5. The van der Waals surface area contributed by atoms with Gasteiger partial charge in [-0.05, 0) is 12.5 Å². The van der Waals surface area contributed by atoms with E-state index >= 15 is 0 Å². The minimum Gasteiger partial charge on any atom is -0.389 e. The molecule has 17 heavy (non-hydrogen) atoms. The molecule has 5 heteroatoms. The Morgan fingerprint density at radius 1 is 1.41 bits per heavy atom. The summed E-state index contributed by atoms with van der Waals surface area (Å²) >= 11 is 4.86. The quantitative estimate of drug-likeness (QED) is 0.797. The molecule has 0 unspecified atom stereocenters. The lowest BCUT2D eigenvalue weighted by molar-refractivity contribution is 0.210. The van der Waals surface area contributed by atoms with E-state index in [9.17, 15) is 4.79 Å². The number of urea groups is 1. The molecule has 0 aromatic heterocycles. The van der Waals surface area contributed by atoms with Gasteiger partial charge in [0, 0.05) is 25.7 Å². The number of nitrogens with one attached hydrogen (secondary N) is 1. The fourth-order valence-corrected chi connectivity index (χ4v) is 1.38. The summed E-state index contributed by atoms with van der Waals surface area (Å²) in [6.07, 6.45) is 0. The molecule has 3 N–H and O–H groups in total. The molecule has 2 amide bonds. The van der Waals surface area contributed by atoms with Crippen molar-refractivity contribution in [3.8, 4) is 0 Å². The fourth-order valence-electron chi connectivity index (χ4n) is 1.24. The van der Waals surface area contributed by atoms with E-state index in [4.69, 9.17) is 18.0 Å². The predicted molar refractivity (Wildman–Crippen MR) is 72.9 cm³/mol. The van der Waals surface area contributed by atoms with Gasteiger partial charge < -0.3 is 16.0 Å². The fraction of sp³-hybridized carbons (Fsp3) is 0.333. The first kappa shape index (κ1) is 13.4. The molecule has 0 aliphatic carbocycles. The molecule has 0 heterocycles. The number of nitrogens with two attached hydrogens (primary N) is 1. The molecule has 1 aromatic rings. The molecule has 1 rings (SSSR count). The van der Waals surface area contributed by atoms with Crippen molar-refractivity contribution in [2.45, 2.75) is 13.5 Å². The van der Waals surface area contributed by atoms with Crippen LogP contribution in [0.25, 0.3) is 0 Å². The lowest BCUT2D eigenvalue weighted by atomic mass is 10.1. The zero-order chi connectivity index (χ0) is 12.8. The highest BCUT2D eigenvalue weighted by molar-refractivity contribution is 7.80. The van der Waals surface area contributed by atoms with Crippen LogP contribution >= 0.6 is 12.2 Å². The van der Waals surface area contributed by atoms with Crippen molar-refractivity contribution < 1.29 is 4.79 Å². The highest BCUT2D eigenvalue weighted by atomic mass is 32.1. The molecule has 0 aliphatic rings. The Kier molecular flexibility index (Phi) is 4.90. The topological polar surface area (TPSA) is 58.4 Å². The van der Waals surface area contributed by atoms with Crippen LogP contribution in [-0.4, -0.2) is 29.5 Å². The normalized spacial score (nSPS) is 9.76. The van der Waals surface area contributed by atoms with Crippen LogP contribution in [0.2, 0.25) is 0 Å². The number of carbonyl (C=O) groups is 1. The Morgan fingerprint density at radius 2 is 2.00 bits per heavy atom. The summed E-state index contributed by atoms with van der Waals surface area (Å²) in [5.41, 5.74) is 7.35. The summed E-state index contributed by atoms with van der Waals surface area (Å²) in [6.45, 7) is 3.11. The van der Waals surface area contributed by atoms with E-state index in [1.54, 1.807) is 11.9 Å². The van der Waals surface area contributed by atoms with Crippen LogP contribution < -0.4 is 11.1 Å². The third-order valence-corrected chi connectivity index (χ3v) is 2.74. The number of hydrogen-bond donors (Lipinski definition) is 2. The van der Waals surface area contributed by atoms with Crippen LogP contribution in [0.3, 0.4) is 0 Å². The van der Waals surface area contributed by atoms with E-state index in [1.165, 1.54) is 0 Å². The van der Waals surface area contributed by atoms with Crippen LogP contribution in [-0.2, 0) is 6.54 Å². The SMILES string of the molecule is CCN(C)C(=O)NCc1ccc(C(N)=S)cc1. The summed E-state index contributed by atoms with van der Waals surface area (Å²) in [5, 5.41) is 2.82. The van der Waals surface area contributed by atoms with Gasteiger partial charge in [0.2, 0.25) is 0 Å². The lowest BCUT2D eigenvalue weighted by Gasteiger charge is -2.15. The van der Waals surface area contributed by atoms with E-state index < -0.39 is 0 Å². The van der Waals surface area contributed by atoms with E-state index in [2.05, 4.69) is 5.32 Å². The molecule has 0 radical (unpaired) electrons. The number of rotatable bonds is 4. The first-order chi connectivity index (χ1) is 8.04. The van der Waals surface area contributed by atoms with Gasteiger partial charge in [0.05, 0.1) is 0 Å². The second-order valence-electron chi connectivity index (χ2n) is 3.73. The number of benzene rings is 1. The minimum absolute atomic E-state index is 0.0778. The first-order valence-corrected chi connectivity index (χ1v) is 5.83. The van der Waals surface area contributed by atoms with Crippen molar-refractivity contribution in [2.24, 2.45) is 5.73 Å². The Labute approximate surface area is 107 Å². The van der Waals surface area contributed by atoms with Crippen molar-refractivity contribution in [1.82, 2.24) is 10.2 Å². The second-order valence-corrected chi connectivity index (χ2v) is 4.17. The summed E-state index contributed by atoms with van der Waals surface area (Å²) in [7, 11) is 1.76. The van der Waals surface area contributed by atoms with E-state index in [0.29, 0.717) is 18.1 Å². The van der Waals surface area contributed by atoms with Gasteiger partial charge in [-0.3, -0.25) is 0 Å². The number of hydrogen-bond acceptors (Lipinski definition) is 2. The molecule has 92 valence electrons. The van der Waals surface area contributed by atoms with E-state index in [-0.39, 0.29) is 6.03 Å². The standard InChI is InChI=1S/C12H17N3OS/c1-3-15(2)12(16)14-8-9-4-6-10(7-5-9)11(13)17/h4-7H,3,8H2,1-2H3,(H2,13,17)(H,14,16). The molecule has 0 saturated heterocycles. The van der Waals surface area contributed by atoms with Gasteiger partial charge in [-0.2, -0.15) is 0 Å². The molecule has 0 fully saturated rings. The van der Waals surface area contributed by atoms with Crippen LogP contribution in [0.5, 0.6) is 0 Å². The molecule has 4 nitrogen and oxygen atoms in total. The molecule has 0 aliphatic heterocycles. The van der Waals surface area contributed by atoms with Crippen molar-refractivity contribution in [3.05, 3.63) is 35.4 Å². The Balaban J connectivity index is 2.53. The van der Waals surface area contributed by atoms with Crippen molar-refractivity contribution >= 4 is 23.2 Å². The van der Waals surface area contributed by atoms with Gasteiger partial charge >= 0.3 is 6.03 Å². The van der Waals surface area contributed by atoms with Gasteiger partial charge in [0.1, 0.15) is 4.99 Å². The largest absolute Gasteiger partial charge is 0.389 e. The van der Waals surface area contributed by atoms with Gasteiger partial charge in [0.25, 0.3) is 0 Å². The number of nitrogens with zero attached hydrogens (tertiary/aromatic N) is 1. The maximum Gasteiger partial charge on any atom is 0.317 e. The Hall–Kier alpha value is -1.62. The average Bonchev–Trinajstić information content (AvgIpc) is 2.35. The van der Waals surface area contributed by atoms with Crippen LogP contribution in [0.1, 0.15) is 18.1 Å². The smallest absolute Gasteiger partial charge is 0.317 e. The number of amides is 2. The number of carbonyl (C=O) groups excluding carboxylic acids is 1. The zero-order valence-electron chi connectivity index (χ0n) is 10.1. The van der Waals surface area contributed by atoms with E-state index in [0.717, 1.165) is 11.1 Å². The third-order valence-electron chi connectivity index (χ3n) is 2.50. The van der Waals surface area contributed by atoms with Crippen molar-refractivity contribution in [3.63, 3.8) is 0 Å². The van der Waals surface area contributed by atoms with Gasteiger partial charge in [-0.1, -0.05) is 36.5 Å². The summed E-state index contributed by atoms with van der Waals surface area (Å²) in [5.74, 6) is 0.